The summed E-state index contributed by atoms with van der Waals surface area (Å²) in [5.74, 6) is 0.605. The lowest BCUT2D eigenvalue weighted by atomic mass is 9.87. The van der Waals surface area contributed by atoms with Gasteiger partial charge >= 0.3 is 0 Å². The topological polar surface area (TPSA) is 77.5 Å². The van der Waals surface area contributed by atoms with Gasteiger partial charge in [0, 0.05) is 11.6 Å². The Bertz CT molecular complexity index is 1080. The van der Waals surface area contributed by atoms with Gasteiger partial charge < -0.3 is 9.47 Å². The molecule has 0 spiro atoms. The molecule has 1 N–H and O–H groups in total. The Kier molecular flexibility index (Phi) is 5.38. The first-order valence-corrected chi connectivity index (χ1v) is 9.53. The Balaban J connectivity index is 1.91. The van der Waals surface area contributed by atoms with Crippen LogP contribution in [0.25, 0.3) is 10.9 Å². The molecule has 1 aromatic heterocycles. The third-order valence-electron chi connectivity index (χ3n) is 4.37. The maximum absolute atomic E-state index is 12.6. The Hall–Kier alpha value is -2.93. The lowest BCUT2D eigenvalue weighted by Gasteiger charge is -2.19. The Morgan fingerprint density at radius 3 is 2.21 bits per heavy atom. The number of ether oxygens (including phenoxy) is 2. The van der Waals surface area contributed by atoms with Crippen LogP contribution in [-0.4, -0.2) is 25.1 Å². The minimum Gasteiger partial charge on any atom is -0.493 e. The van der Waals surface area contributed by atoms with Crippen LogP contribution in [0.3, 0.4) is 0 Å². The molecule has 0 unspecified atom stereocenters. The number of carbonyl (C=O) groups excluding carboxylic acids is 1. The molecule has 0 fully saturated rings. The van der Waals surface area contributed by atoms with E-state index in [9.17, 15) is 9.59 Å². The van der Waals surface area contributed by atoms with E-state index in [2.05, 4.69) is 31.1 Å². The lowest BCUT2D eigenvalue weighted by Crippen LogP contribution is -2.15. The molecule has 0 saturated heterocycles. The van der Waals surface area contributed by atoms with Gasteiger partial charge in [-0.2, -0.15) is 0 Å². The van der Waals surface area contributed by atoms with Crippen LogP contribution in [0.4, 0.5) is 5.13 Å². The van der Waals surface area contributed by atoms with Crippen LogP contribution in [0.15, 0.2) is 41.2 Å². The van der Waals surface area contributed by atoms with Crippen LogP contribution < -0.4 is 19.5 Å². The van der Waals surface area contributed by atoms with Crippen molar-refractivity contribution in [3.05, 3.63) is 57.1 Å². The van der Waals surface area contributed by atoms with Crippen molar-refractivity contribution >= 4 is 33.3 Å². The van der Waals surface area contributed by atoms with Gasteiger partial charge in [-0.1, -0.05) is 44.2 Å². The molecule has 0 aliphatic heterocycles. The number of hydrogen-bond acceptors (Lipinski definition) is 6. The largest absolute Gasteiger partial charge is 0.493 e. The van der Waals surface area contributed by atoms with Crippen LogP contribution in [0.1, 0.15) is 36.7 Å². The molecule has 0 atom stereocenters. The van der Waals surface area contributed by atoms with Gasteiger partial charge in [0.15, 0.2) is 16.6 Å². The zero-order valence-electron chi connectivity index (χ0n) is 16.5. The standard InChI is InChI=1S/C21H22N2O4S/c1-21(2,3)13-8-6-12(7-9-13)18(24)23-20-22-15-11-17(27-5)16(26-4)10-14(15)19(25)28-20/h6-11H,1-5H3,(H,22,23,24). The SMILES string of the molecule is COc1cc2nc(NC(=O)c3ccc(C(C)(C)C)cc3)sc(=O)c2cc1OC. The smallest absolute Gasteiger partial charge is 0.257 e. The second-order valence-corrected chi connectivity index (χ2v) is 8.27. The number of rotatable bonds is 4. The van der Waals surface area contributed by atoms with Crippen LogP contribution in [-0.2, 0) is 5.41 Å². The van der Waals surface area contributed by atoms with Gasteiger partial charge in [-0.15, -0.1) is 0 Å². The highest BCUT2D eigenvalue weighted by Crippen LogP contribution is 2.31. The average molecular weight is 398 g/mol. The summed E-state index contributed by atoms with van der Waals surface area (Å²) < 4.78 is 10.3. The highest BCUT2D eigenvalue weighted by molar-refractivity contribution is 7.13. The van der Waals surface area contributed by atoms with Crippen molar-refractivity contribution < 1.29 is 14.3 Å². The molecule has 2 aromatic carbocycles. The maximum Gasteiger partial charge on any atom is 0.257 e. The van der Waals surface area contributed by atoms with E-state index in [0.29, 0.717) is 28.0 Å². The fourth-order valence-electron chi connectivity index (χ4n) is 2.74. The Labute approximate surface area is 167 Å². The number of amides is 1. The summed E-state index contributed by atoms with van der Waals surface area (Å²) in [7, 11) is 3.02. The summed E-state index contributed by atoms with van der Waals surface area (Å²) in [6, 6.07) is 10.6. The second-order valence-electron chi connectivity index (χ2n) is 7.31. The number of benzene rings is 2. The third kappa shape index (κ3) is 3.99. The van der Waals surface area contributed by atoms with Gasteiger partial charge in [-0.3, -0.25) is 14.9 Å². The molecule has 6 nitrogen and oxygen atoms in total. The summed E-state index contributed by atoms with van der Waals surface area (Å²) in [5, 5.41) is 3.36. The summed E-state index contributed by atoms with van der Waals surface area (Å²) >= 11 is 0.875. The van der Waals surface area contributed by atoms with Crippen LogP contribution in [0.2, 0.25) is 0 Å². The number of anilines is 1. The molecule has 28 heavy (non-hydrogen) atoms. The summed E-state index contributed by atoms with van der Waals surface area (Å²) in [5.41, 5.74) is 2.08. The van der Waals surface area contributed by atoms with Crippen LogP contribution in [0, 0.1) is 0 Å². The molecule has 7 heteroatoms. The number of methoxy groups -OCH3 is 2. The molecule has 1 heterocycles. The van der Waals surface area contributed by atoms with Gasteiger partial charge in [-0.25, -0.2) is 4.98 Å². The number of carbonyl (C=O) groups is 1. The minimum absolute atomic E-state index is 0.00849. The highest BCUT2D eigenvalue weighted by atomic mass is 32.1. The maximum atomic E-state index is 12.6. The van der Waals surface area contributed by atoms with Gasteiger partial charge in [0.25, 0.3) is 5.91 Å². The normalized spacial score (nSPS) is 11.3. The Morgan fingerprint density at radius 1 is 1.04 bits per heavy atom. The molecule has 0 aliphatic rings. The molecular formula is C21H22N2O4S. The summed E-state index contributed by atoms with van der Waals surface area (Å²) in [6.07, 6.45) is 0. The zero-order valence-corrected chi connectivity index (χ0v) is 17.3. The van der Waals surface area contributed by atoms with Crippen molar-refractivity contribution in [1.82, 2.24) is 4.98 Å². The summed E-state index contributed by atoms with van der Waals surface area (Å²) in [6.45, 7) is 6.34. The molecule has 1 amide bonds. The number of aromatic nitrogens is 1. The van der Waals surface area contributed by atoms with Crippen LogP contribution in [0.5, 0.6) is 11.5 Å². The fourth-order valence-corrected chi connectivity index (χ4v) is 3.48. The van der Waals surface area contributed by atoms with Gasteiger partial charge in [-0.05, 0) is 29.2 Å². The van der Waals surface area contributed by atoms with E-state index in [4.69, 9.17) is 9.47 Å². The predicted octanol–water partition coefficient (Wildman–Crippen LogP) is 4.22. The van der Waals surface area contributed by atoms with Crippen molar-refractivity contribution in [2.45, 2.75) is 26.2 Å². The first-order chi connectivity index (χ1) is 13.2. The van der Waals surface area contributed by atoms with Crippen LogP contribution >= 0.6 is 11.3 Å². The van der Waals surface area contributed by atoms with E-state index in [1.165, 1.54) is 14.2 Å². The average Bonchev–Trinajstić information content (AvgIpc) is 2.66. The minimum atomic E-state index is -0.316. The second kappa shape index (κ2) is 7.59. The predicted molar refractivity (Wildman–Crippen MR) is 112 cm³/mol. The van der Waals surface area contributed by atoms with Crippen molar-refractivity contribution in [2.24, 2.45) is 0 Å². The van der Waals surface area contributed by atoms with Gasteiger partial charge in [0.1, 0.15) is 0 Å². The van der Waals surface area contributed by atoms with E-state index < -0.39 is 0 Å². The van der Waals surface area contributed by atoms with E-state index in [0.717, 1.165) is 16.9 Å². The highest BCUT2D eigenvalue weighted by Gasteiger charge is 2.16. The molecule has 146 valence electrons. The van der Waals surface area contributed by atoms with E-state index >= 15 is 0 Å². The zero-order chi connectivity index (χ0) is 20.5. The van der Waals surface area contributed by atoms with E-state index in [1.54, 1.807) is 24.3 Å². The third-order valence-corrected chi connectivity index (χ3v) is 5.16. The first-order valence-electron chi connectivity index (χ1n) is 8.71. The van der Waals surface area contributed by atoms with E-state index in [1.807, 2.05) is 12.1 Å². The molecular weight excluding hydrogens is 376 g/mol. The summed E-state index contributed by atoms with van der Waals surface area (Å²) in [4.78, 5) is 29.4. The number of nitrogens with one attached hydrogen (secondary N) is 1. The molecule has 0 aliphatic carbocycles. The van der Waals surface area contributed by atoms with Crippen molar-refractivity contribution in [3.8, 4) is 11.5 Å². The number of fused-ring (bicyclic) bond motifs is 1. The molecule has 3 rings (SSSR count). The quantitative estimate of drug-likeness (QED) is 0.712. The molecule has 0 radical (unpaired) electrons. The molecule has 0 bridgehead atoms. The molecule has 0 saturated carbocycles. The van der Waals surface area contributed by atoms with E-state index in [-0.39, 0.29) is 21.2 Å². The van der Waals surface area contributed by atoms with Gasteiger partial charge in [0.2, 0.25) is 4.74 Å². The number of nitrogens with zero attached hydrogens (tertiary/aromatic N) is 1. The van der Waals surface area contributed by atoms with Crippen molar-refractivity contribution in [2.75, 3.05) is 19.5 Å². The van der Waals surface area contributed by atoms with Gasteiger partial charge in [0.05, 0.1) is 25.1 Å². The Morgan fingerprint density at radius 2 is 1.64 bits per heavy atom. The monoisotopic (exact) mass is 398 g/mol. The first kappa shape index (κ1) is 19.8. The lowest BCUT2D eigenvalue weighted by molar-refractivity contribution is 0.102. The fraction of sp³-hybridized carbons (Fsp3) is 0.286. The number of hydrogen-bond donors (Lipinski definition) is 1. The molecule has 3 aromatic rings. The van der Waals surface area contributed by atoms with Crippen molar-refractivity contribution in [1.29, 1.82) is 0 Å². The van der Waals surface area contributed by atoms with Crippen molar-refractivity contribution in [3.63, 3.8) is 0 Å².